The van der Waals surface area contributed by atoms with Crippen LogP contribution in [0, 0.1) is 0 Å². The second-order valence-electron chi connectivity index (χ2n) is 5.90. The largest absolute Gasteiger partial charge is 0.493 e. The number of nitrogens with zero attached hydrogens (tertiary/aromatic N) is 3. The third-order valence-electron chi connectivity index (χ3n) is 4.16. The van der Waals surface area contributed by atoms with Crippen LogP contribution < -0.4 is 20.1 Å². The molecule has 134 valence electrons. The summed E-state index contributed by atoms with van der Waals surface area (Å²) in [6, 6.07) is 7.53. The Balaban J connectivity index is 1.61. The van der Waals surface area contributed by atoms with Gasteiger partial charge in [0.15, 0.2) is 11.5 Å². The van der Waals surface area contributed by atoms with Gasteiger partial charge in [0.25, 0.3) is 0 Å². The summed E-state index contributed by atoms with van der Waals surface area (Å²) < 4.78 is 11.3. The standard InChI is InChI=1S/C18H25N5O2/c1-19-17-7-8-20-18(22-17)21-14-5-6-15(24-2)16(13-14)25-12-4-11-23-9-3-10-23/h5-8,13H,3-4,9-12H2,1-2H3,(H2,19,20,21,22). The number of anilines is 3. The van der Waals surface area contributed by atoms with Crippen molar-refractivity contribution in [3.8, 4) is 11.5 Å². The molecule has 0 saturated carbocycles. The lowest BCUT2D eigenvalue weighted by atomic mass is 10.2. The lowest BCUT2D eigenvalue weighted by Gasteiger charge is -2.30. The van der Waals surface area contributed by atoms with E-state index in [0.717, 1.165) is 36.0 Å². The third kappa shape index (κ3) is 4.73. The molecule has 0 spiro atoms. The van der Waals surface area contributed by atoms with Crippen molar-refractivity contribution in [1.29, 1.82) is 0 Å². The highest BCUT2D eigenvalue weighted by Gasteiger charge is 2.13. The van der Waals surface area contributed by atoms with Crippen LogP contribution in [0.3, 0.4) is 0 Å². The minimum Gasteiger partial charge on any atom is -0.493 e. The Bertz CT molecular complexity index is 691. The predicted octanol–water partition coefficient (Wildman–Crippen LogP) is 2.75. The Labute approximate surface area is 148 Å². The first-order valence-corrected chi connectivity index (χ1v) is 8.59. The van der Waals surface area contributed by atoms with E-state index in [9.17, 15) is 0 Å². The van der Waals surface area contributed by atoms with Crippen molar-refractivity contribution < 1.29 is 9.47 Å². The average Bonchev–Trinajstić information content (AvgIpc) is 2.60. The molecule has 7 heteroatoms. The van der Waals surface area contributed by atoms with Gasteiger partial charge in [0.2, 0.25) is 5.95 Å². The number of benzene rings is 1. The Morgan fingerprint density at radius 1 is 1.20 bits per heavy atom. The second kappa shape index (κ2) is 8.53. The summed E-state index contributed by atoms with van der Waals surface area (Å²) in [5.41, 5.74) is 0.854. The van der Waals surface area contributed by atoms with Crippen LogP contribution in [0.1, 0.15) is 12.8 Å². The molecule has 0 amide bonds. The molecule has 0 unspecified atom stereocenters. The van der Waals surface area contributed by atoms with E-state index in [1.54, 1.807) is 13.3 Å². The smallest absolute Gasteiger partial charge is 0.229 e. The Kier molecular flexibility index (Phi) is 5.90. The third-order valence-corrected chi connectivity index (χ3v) is 4.16. The zero-order valence-corrected chi connectivity index (χ0v) is 14.8. The first kappa shape index (κ1) is 17.3. The van der Waals surface area contributed by atoms with Gasteiger partial charge in [-0.25, -0.2) is 4.98 Å². The molecule has 0 atom stereocenters. The van der Waals surface area contributed by atoms with Gasteiger partial charge in [-0.05, 0) is 44.1 Å². The molecule has 7 nitrogen and oxygen atoms in total. The van der Waals surface area contributed by atoms with E-state index < -0.39 is 0 Å². The van der Waals surface area contributed by atoms with Gasteiger partial charge in [-0.15, -0.1) is 0 Å². The van der Waals surface area contributed by atoms with Gasteiger partial charge in [0.1, 0.15) is 5.82 Å². The fraction of sp³-hybridized carbons (Fsp3) is 0.444. The highest BCUT2D eigenvalue weighted by Crippen LogP contribution is 2.31. The molecule has 1 aliphatic rings. The summed E-state index contributed by atoms with van der Waals surface area (Å²) in [6.45, 7) is 4.19. The molecule has 2 N–H and O–H groups in total. The molecule has 0 bridgehead atoms. The van der Waals surface area contributed by atoms with Crippen LogP contribution in [0.5, 0.6) is 11.5 Å². The molecule has 1 fully saturated rings. The summed E-state index contributed by atoms with van der Waals surface area (Å²) >= 11 is 0. The maximum absolute atomic E-state index is 5.93. The first-order valence-electron chi connectivity index (χ1n) is 8.59. The molecule has 1 saturated heterocycles. The average molecular weight is 343 g/mol. The number of hydrogen-bond acceptors (Lipinski definition) is 7. The van der Waals surface area contributed by atoms with Gasteiger partial charge in [0, 0.05) is 31.5 Å². The van der Waals surface area contributed by atoms with Crippen molar-refractivity contribution in [3.63, 3.8) is 0 Å². The minimum absolute atomic E-state index is 0.528. The van der Waals surface area contributed by atoms with Crippen molar-refractivity contribution in [1.82, 2.24) is 14.9 Å². The molecule has 0 aliphatic carbocycles. The number of likely N-dealkylation sites (tertiary alicyclic amines) is 1. The van der Waals surface area contributed by atoms with Crippen molar-refractivity contribution in [2.75, 3.05) is 51.0 Å². The minimum atomic E-state index is 0.528. The van der Waals surface area contributed by atoms with E-state index in [1.165, 1.54) is 19.5 Å². The summed E-state index contributed by atoms with van der Waals surface area (Å²) in [6.07, 6.45) is 4.03. The normalized spacial score (nSPS) is 13.8. The van der Waals surface area contributed by atoms with Gasteiger partial charge in [-0.3, -0.25) is 0 Å². The Hall–Kier alpha value is -2.54. The fourth-order valence-corrected chi connectivity index (χ4v) is 2.63. The number of nitrogens with one attached hydrogen (secondary N) is 2. The van der Waals surface area contributed by atoms with Gasteiger partial charge in [0.05, 0.1) is 13.7 Å². The van der Waals surface area contributed by atoms with Gasteiger partial charge >= 0.3 is 0 Å². The summed E-state index contributed by atoms with van der Waals surface area (Å²) in [7, 11) is 3.47. The van der Waals surface area contributed by atoms with Gasteiger partial charge < -0.3 is 25.0 Å². The Morgan fingerprint density at radius 3 is 2.80 bits per heavy atom. The molecule has 3 rings (SSSR count). The SMILES string of the molecule is CNc1ccnc(Nc2ccc(OC)c(OCCCN3CCC3)c2)n1. The van der Waals surface area contributed by atoms with E-state index in [1.807, 2.05) is 31.3 Å². The first-order chi connectivity index (χ1) is 12.3. The number of hydrogen-bond donors (Lipinski definition) is 2. The summed E-state index contributed by atoms with van der Waals surface area (Å²) in [5.74, 6) is 2.73. The van der Waals surface area contributed by atoms with E-state index in [0.29, 0.717) is 12.6 Å². The lowest BCUT2D eigenvalue weighted by Crippen LogP contribution is -2.38. The quantitative estimate of drug-likeness (QED) is 0.678. The Morgan fingerprint density at radius 2 is 2.08 bits per heavy atom. The molecule has 25 heavy (non-hydrogen) atoms. The maximum Gasteiger partial charge on any atom is 0.229 e. The van der Waals surface area contributed by atoms with Crippen LogP contribution in [0.2, 0.25) is 0 Å². The highest BCUT2D eigenvalue weighted by atomic mass is 16.5. The maximum atomic E-state index is 5.93. The van der Waals surface area contributed by atoms with E-state index in [2.05, 4.69) is 25.5 Å². The predicted molar refractivity (Wildman–Crippen MR) is 99.0 cm³/mol. The van der Waals surface area contributed by atoms with Crippen LogP contribution in [0.4, 0.5) is 17.5 Å². The van der Waals surface area contributed by atoms with Crippen molar-refractivity contribution >= 4 is 17.5 Å². The molecule has 2 heterocycles. The van der Waals surface area contributed by atoms with Crippen LogP contribution in [-0.4, -0.2) is 55.3 Å². The molecular formula is C18H25N5O2. The van der Waals surface area contributed by atoms with Gasteiger partial charge in [-0.2, -0.15) is 4.98 Å². The molecule has 1 aliphatic heterocycles. The van der Waals surface area contributed by atoms with E-state index >= 15 is 0 Å². The number of aromatic nitrogens is 2. The second-order valence-corrected chi connectivity index (χ2v) is 5.90. The summed E-state index contributed by atoms with van der Waals surface area (Å²) in [4.78, 5) is 11.0. The lowest BCUT2D eigenvalue weighted by molar-refractivity contribution is 0.164. The molecule has 1 aromatic heterocycles. The summed E-state index contributed by atoms with van der Waals surface area (Å²) in [5, 5.41) is 6.19. The molecule has 2 aromatic rings. The van der Waals surface area contributed by atoms with E-state index in [-0.39, 0.29) is 0 Å². The van der Waals surface area contributed by atoms with Crippen molar-refractivity contribution in [2.24, 2.45) is 0 Å². The van der Waals surface area contributed by atoms with Crippen LogP contribution >= 0.6 is 0 Å². The molecule has 1 aromatic carbocycles. The van der Waals surface area contributed by atoms with Crippen LogP contribution in [-0.2, 0) is 0 Å². The number of rotatable bonds is 9. The number of ether oxygens (including phenoxy) is 2. The molecule has 0 radical (unpaired) electrons. The number of methoxy groups -OCH3 is 1. The highest BCUT2D eigenvalue weighted by molar-refractivity contribution is 5.60. The fourth-order valence-electron chi connectivity index (χ4n) is 2.63. The van der Waals surface area contributed by atoms with Crippen molar-refractivity contribution in [3.05, 3.63) is 30.5 Å². The topological polar surface area (TPSA) is 71.5 Å². The van der Waals surface area contributed by atoms with E-state index in [4.69, 9.17) is 9.47 Å². The van der Waals surface area contributed by atoms with Crippen molar-refractivity contribution in [2.45, 2.75) is 12.8 Å². The van der Waals surface area contributed by atoms with Gasteiger partial charge in [-0.1, -0.05) is 0 Å². The zero-order valence-electron chi connectivity index (χ0n) is 14.8. The zero-order chi connectivity index (χ0) is 17.5. The van der Waals surface area contributed by atoms with Crippen LogP contribution in [0.25, 0.3) is 0 Å². The molecular weight excluding hydrogens is 318 g/mol. The van der Waals surface area contributed by atoms with Crippen LogP contribution in [0.15, 0.2) is 30.5 Å². The monoisotopic (exact) mass is 343 g/mol.